The number of halogens is 2. The molecule has 0 fully saturated rings. The van der Waals surface area contributed by atoms with Gasteiger partial charge in [0.2, 0.25) is 0 Å². The molecule has 0 saturated heterocycles. The molecule has 1 aromatic carbocycles. The van der Waals surface area contributed by atoms with Crippen LogP contribution in [0.1, 0.15) is 10.4 Å². The number of nitrogens with zero attached hydrogens (tertiary/aromatic N) is 2. The van der Waals surface area contributed by atoms with Gasteiger partial charge in [-0.25, -0.2) is 9.48 Å². The lowest BCUT2D eigenvalue weighted by molar-refractivity contribution is 0.0698. The molecule has 0 saturated carbocycles. The van der Waals surface area contributed by atoms with Gasteiger partial charge in [0.15, 0.2) is 0 Å². The maximum absolute atomic E-state index is 10.8. The van der Waals surface area contributed by atoms with Crippen molar-refractivity contribution in [2.45, 2.75) is 0 Å². The highest BCUT2D eigenvalue weighted by molar-refractivity contribution is 6.37. The van der Waals surface area contributed by atoms with E-state index < -0.39 is 5.97 Å². The van der Waals surface area contributed by atoms with E-state index in [9.17, 15) is 4.79 Å². The summed E-state index contributed by atoms with van der Waals surface area (Å²) in [6, 6.07) is 4.90. The van der Waals surface area contributed by atoms with Gasteiger partial charge < -0.3 is 10.8 Å². The molecule has 0 radical (unpaired) electrons. The van der Waals surface area contributed by atoms with Crippen LogP contribution in [0.2, 0.25) is 10.0 Å². The number of carboxylic acid groups (broad SMARTS) is 1. The second kappa shape index (κ2) is 4.27. The highest BCUT2D eigenvalue weighted by atomic mass is 35.5. The Morgan fingerprint density at radius 3 is 2.41 bits per heavy atom. The lowest BCUT2D eigenvalue weighted by Crippen LogP contribution is -2.06. The molecule has 0 atom stereocenters. The summed E-state index contributed by atoms with van der Waals surface area (Å²) in [4.78, 5) is 10.8. The lowest BCUT2D eigenvalue weighted by Gasteiger charge is -2.08. The van der Waals surface area contributed by atoms with Gasteiger partial charge in [0.05, 0.1) is 16.2 Å². The molecule has 88 valence electrons. The predicted octanol–water partition coefficient (Wildman–Crippen LogP) is 2.46. The number of rotatable bonds is 2. The normalized spacial score (nSPS) is 10.5. The van der Waals surface area contributed by atoms with E-state index in [1.807, 2.05) is 0 Å². The van der Waals surface area contributed by atoms with E-state index in [1.165, 1.54) is 4.68 Å². The number of hydrogen-bond acceptors (Lipinski definition) is 3. The molecular formula is C10H7Cl2N3O2. The Morgan fingerprint density at radius 1 is 1.35 bits per heavy atom. The van der Waals surface area contributed by atoms with Crippen LogP contribution in [0.25, 0.3) is 5.69 Å². The van der Waals surface area contributed by atoms with Crippen molar-refractivity contribution in [3.63, 3.8) is 0 Å². The summed E-state index contributed by atoms with van der Waals surface area (Å²) >= 11 is 12.0. The van der Waals surface area contributed by atoms with Crippen LogP contribution in [0.15, 0.2) is 24.4 Å². The maximum Gasteiger partial charge on any atom is 0.341 e. The molecule has 17 heavy (non-hydrogen) atoms. The maximum atomic E-state index is 10.8. The van der Waals surface area contributed by atoms with Crippen molar-refractivity contribution in [2.24, 2.45) is 0 Å². The number of aromatic nitrogens is 2. The number of nitrogens with two attached hydrogens (primary N) is 1. The molecule has 0 aliphatic heterocycles. The van der Waals surface area contributed by atoms with Crippen LogP contribution in [0.4, 0.5) is 5.82 Å². The summed E-state index contributed by atoms with van der Waals surface area (Å²) < 4.78 is 1.20. The van der Waals surface area contributed by atoms with Gasteiger partial charge in [0.25, 0.3) is 0 Å². The smallest absolute Gasteiger partial charge is 0.341 e. The third kappa shape index (κ3) is 1.94. The minimum atomic E-state index is -1.16. The van der Waals surface area contributed by atoms with E-state index in [-0.39, 0.29) is 11.4 Å². The van der Waals surface area contributed by atoms with Crippen LogP contribution < -0.4 is 5.73 Å². The number of aromatic carboxylic acids is 1. The molecule has 0 aliphatic carbocycles. The molecule has 0 amide bonds. The zero-order valence-electron chi connectivity index (χ0n) is 8.39. The van der Waals surface area contributed by atoms with Gasteiger partial charge in [0, 0.05) is 0 Å². The Hall–Kier alpha value is -1.72. The second-order valence-electron chi connectivity index (χ2n) is 3.23. The summed E-state index contributed by atoms with van der Waals surface area (Å²) in [7, 11) is 0. The highest BCUT2D eigenvalue weighted by Gasteiger charge is 2.18. The fourth-order valence-electron chi connectivity index (χ4n) is 1.39. The number of anilines is 1. The summed E-state index contributed by atoms with van der Waals surface area (Å²) in [5.41, 5.74) is 5.94. The Bertz CT molecular complexity index is 575. The van der Waals surface area contributed by atoms with E-state index in [4.69, 9.17) is 34.0 Å². The van der Waals surface area contributed by atoms with Crippen molar-refractivity contribution >= 4 is 35.0 Å². The molecule has 5 nitrogen and oxygen atoms in total. The lowest BCUT2D eigenvalue weighted by atomic mass is 10.3. The van der Waals surface area contributed by atoms with E-state index in [0.29, 0.717) is 15.7 Å². The Labute approximate surface area is 106 Å². The monoisotopic (exact) mass is 271 g/mol. The molecule has 7 heteroatoms. The van der Waals surface area contributed by atoms with Gasteiger partial charge in [-0.05, 0) is 12.1 Å². The standard InChI is InChI=1S/C10H7Cl2N3O2/c11-6-2-1-3-7(12)8(6)15-9(13)5(4-14-15)10(16)17/h1-4H,13H2,(H,16,17). The minimum Gasteiger partial charge on any atom is -0.477 e. The predicted molar refractivity (Wildman–Crippen MR) is 65.0 cm³/mol. The summed E-state index contributed by atoms with van der Waals surface area (Å²) in [5.74, 6) is -1.18. The number of carboxylic acids is 1. The van der Waals surface area contributed by atoms with Crippen molar-refractivity contribution in [1.29, 1.82) is 0 Å². The van der Waals surface area contributed by atoms with Crippen molar-refractivity contribution in [3.8, 4) is 5.69 Å². The number of benzene rings is 1. The fraction of sp³-hybridized carbons (Fsp3) is 0. The first-order valence-corrected chi connectivity index (χ1v) is 5.29. The molecular weight excluding hydrogens is 265 g/mol. The molecule has 0 unspecified atom stereocenters. The van der Waals surface area contributed by atoms with Gasteiger partial charge in [-0.2, -0.15) is 5.10 Å². The molecule has 1 aromatic heterocycles. The molecule has 0 aliphatic rings. The topological polar surface area (TPSA) is 81.1 Å². The van der Waals surface area contributed by atoms with Gasteiger partial charge in [-0.3, -0.25) is 0 Å². The third-order valence-electron chi connectivity index (χ3n) is 2.19. The van der Waals surface area contributed by atoms with Crippen molar-refractivity contribution < 1.29 is 9.90 Å². The van der Waals surface area contributed by atoms with Crippen LogP contribution in [0.3, 0.4) is 0 Å². The zero-order valence-corrected chi connectivity index (χ0v) is 9.90. The van der Waals surface area contributed by atoms with Crippen LogP contribution in [-0.2, 0) is 0 Å². The first kappa shape index (κ1) is 11.8. The zero-order chi connectivity index (χ0) is 12.6. The van der Waals surface area contributed by atoms with Crippen LogP contribution in [-0.4, -0.2) is 20.9 Å². The molecule has 1 heterocycles. The van der Waals surface area contributed by atoms with Crippen LogP contribution >= 0.6 is 23.2 Å². The quantitative estimate of drug-likeness (QED) is 0.879. The van der Waals surface area contributed by atoms with Gasteiger partial charge in [0.1, 0.15) is 17.1 Å². The first-order valence-electron chi connectivity index (χ1n) is 4.53. The second-order valence-corrected chi connectivity index (χ2v) is 4.05. The molecule has 0 spiro atoms. The van der Waals surface area contributed by atoms with Crippen molar-refractivity contribution in [1.82, 2.24) is 9.78 Å². The first-order chi connectivity index (χ1) is 8.02. The molecule has 3 N–H and O–H groups in total. The van der Waals surface area contributed by atoms with Gasteiger partial charge in [-0.15, -0.1) is 0 Å². The number of carbonyl (C=O) groups is 1. The van der Waals surface area contributed by atoms with E-state index in [2.05, 4.69) is 5.10 Å². The third-order valence-corrected chi connectivity index (χ3v) is 2.80. The van der Waals surface area contributed by atoms with Crippen LogP contribution in [0.5, 0.6) is 0 Å². The molecule has 2 aromatic rings. The fourth-order valence-corrected chi connectivity index (χ4v) is 1.95. The van der Waals surface area contributed by atoms with Crippen molar-refractivity contribution in [2.75, 3.05) is 5.73 Å². The highest BCUT2D eigenvalue weighted by Crippen LogP contribution is 2.30. The van der Waals surface area contributed by atoms with Crippen molar-refractivity contribution in [3.05, 3.63) is 40.0 Å². The SMILES string of the molecule is Nc1c(C(=O)O)cnn1-c1c(Cl)cccc1Cl. The number of hydrogen-bond donors (Lipinski definition) is 2. The Kier molecular flexibility index (Phi) is 2.95. The number of para-hydroxylation sites is 1. The van der Waals surface area contributed by atoms with Crippen LogP contribution in [0, 0.1) is 0 Å². The molecule has 0 bridgehead atoms. The molecule has 2 rings (SSSR count). The van der Waals surface area contributed by atoms with Gasteiger partial charge >= 0.3 is 5.97 Å². The van der Waals surface area contributed by atoms with E-state index in [0.717, 1.165) is 6.20 Å². The van der Waals surface area contributed by atoms with E-state index in [1.54, 1.807) is 18.2 Å². The summed E-state index contributed by atoms with van der Waals surface area (Å²) in [6.07, 6.45) is 1.15. The summed E-state index contributed by atoms with van der Waals surface area (Å²) in [6.45, 7) is 0. The minimum absolute atomic E-state index is 0.0208. The Morgan fingerprint density at radius 2 is 1.94 bits per heavy atom. The summed E-state index contributed by atoms with van der Waals surface area (Å²) in [5, 5.41) is 13.4. The van der Waals surface area contributed by atoms with E-state index >= 15 is 0 Å². The average Bonchev–Trinajstić information content (AvgIpc) is 2.61. The number of nitrogen functional groups attached to an aromatic ring is 1. The Balaban J connectivity index is 2.66. The van der Waals surface area contributed by atoms with Gasteiger partial charge in [-0.1, -0.05) is 29.3 Å². The average molecular weight is 272 g/mol. The largest absolute Gasteiger partial charge is 0.477 e.